The highest BCUT2D eigenvalue weighted by atomic mass is 31.2. The fourth-order valence-electron chi connectivity index (χ4n) is 7.14. The summed E-state index contributed by atoms with van der Waals surface area (Å²) in [5.41, 5.74) is 0. The van der Waals surface area contributed by atoms with Gasteiger partial charge in [-0.1, -0.05) is 165 Å². The minimum atomic E-state index is -5.43. The Balaban J connectivity index is 2.66. The molecular weight excluding hydrogens is 803 g/mol. The number of ether oxygens (including phenoxy) is 1. The Morgan fingerprint density at radius 2 is 0.934 bits per heavy atom. The molecule has 1 saturated carbocycles. The van der Waals surface area contributed by atoms with Gasteiger partial charge in [0.2, 0.25) is 0 Å². The second kappa shape index (κ2) is 36.3. The molecule has 61 heavy (non-hydrogen) atoms. The number of rotatable bonds is 38. The van der Waals surface area contributed by atoms with Crippen molar-refractivity contribution in [3.8, 4) is 0 Å². The number of ketones is 1. The number of carbonyl (C=O) groups excluding carboxylic acids is 2. The second-order valence-corrected chi connectivity index (χ2v) is 17.7. The number of aliphatic hydroxyl groups is 6. The number of phosphoric ester groups is 1. The molecule has 0 amide bonds. The highest BCUT2D eigenvalue weighted by Crippen LogP contribution is 2.49. The predicted octanol–water partition coefficient (Wildman–Crippen LogP) is 8.56. The standard InChI is InChI=1S/C47H83O13P/c1-3-5-7-9-11-13-15-17-19-20-22-24-26-28-30-32-34-36-40(50)58-39(37-48)46(59-61(56,57)60-47-44(54)42(52)41(51)43(53)45(47)55)38(49)35-33-31-29-27-25-23-21-18-16-14-12-10-8-6-4-2/h11,13,17,19,22,24,28,30,39,41-48,51-55H,3-10,12,14-16,18,20-21,23,25-27,29,31-37H2,1-2H3,(H,56,57)/b13-11-,19-17-,24-22-,30-28-/t39-,41-,42-,43+,44-,45-,46?,47-/m0/s1. The molecule has 0 aromatic carbocycles. The normalized spacial score (nSPS) is 23.0. The van der Waals surface area contributed by atoms with Crippen molar-refractivity contribution in [2.24, 2.45) is 0 Å². The van der Waals surface area contributed by atoms with Gasteiger partial charge in [0.05, 0.1) is 6.61 Å². The predicted molar refractivity (Wildman–Crippen MR) is 240 cm³/mol. The van der Waals surface area contributed by atoms with Crippen molar-refractivity contribution in [1.29, 1.82) is 0 Å². The Bertz CT molecular complexity index is 1270. The third-order valence-corrected chi connectivity index (χ3v) is 11.9. The van der Waals surface area contributed by atoms with Gasteiger partial charge in [-0.3, -0.25) is 18.6 Å². The lowest BCUT2D eigenvalue weighted by atomic mass is 9.85. The van der Waals surface area contributed by atoms with Gasteiger partial charge < -0.3 is 40.3 Å². The summed E-state index contributed by atoms with van der Waals surface area (Å²) < 4.78 is 28.7. The molecule has 13 nitrogen and oxygen atoms in total. The van der Waals surface area contributed by atoms with Crippen LogP contribution in [0.3, 0.4) is 0 Å². The molecule has 1 rings (SSSR count). The first kappa shape index (κ1) is 57.0. The number of carbonyl (C=O) groups is 2. The van der Waals surface area contributed by atoms with Gasteiger partial charge in [0.25, 0.3) is 0 Å². The molecular formula is C47H83O13P. The van der Waals surface area contributed by atoms with Crippen LogP contribution in [-0.4, -0.2) is 103 Å². The van der Waals surface area contributed by atoms with Crippen LogP contribution in [0.25, 0.3) is 0 Å². The quantitative estimate of drug-likeness (QED) is 0.0134. The van der Waals surface area contributed by atoms with Gasteiger partial charge in [0.15, 0.2) is 18.0 Å². The van der Waals surface area contributed by atoms with E-state index in [0.717, 1.165) is 51.4 Å². The summed E-state index contributed by atoms with van der Waals surface area (Å²) in [4.78, 5) is 37.0. The molecule has 0 spiro atoms. The lowest BCUT2D eigenvalue weighted by Crippen LogP contribution is -2.64. The van der Waals surface area contributed by atoms with Crippen LogP contribution in [0.4, 0.5) is 0 Å². The van der Waals surface area contributed by atoms with Crippen LogP contribution in [-0.2, 0) is 27.9 Å². The molecule has 0 aromatic heterocycles. The van der Waals surface area contributed by atoms with Gasteiger partial charge >= 0.3 is 13.8 Å². The molecule has 0 heterocycles. The van der Waals surface area contributed by atoms with E-state index in [0.29, 0.717) is 25.7 Å². The Hall–Kier alpha value is -2.03. The van der Waals surface area contributed by atoms with E-state index in [1.54, 1.807) is 0 Å². The average molecular weight is 887 g/mol. The van der Waals surface area contributed by atoms with Gasteiger partial charge in [-0.05, 0) is 51.4 Å². The van der Waals surface area contributed by atoms with Gasteiger partial charge in [-0.25, -0.2) is 4.57 Å². The Labute approximate surface area is 367 Å². The maximum absolute atomic E-state index is 13.5. The van der Waals surface area contributed by atoms with Crippen LogP contribution in [0, 0.1) is 0 Å². The fourth-order valence-corrected chi connectivity index (χ4v) is 8.29. The van der Waals surface area contributed by atoms with Crippen LogP contribution in [0.2, 0.25) is 0 Å². The van der Waals surface area contributed by atoms with Gasteiger partial charge in [0.1, 0.15) is 36.6 Å². The van der Waals surface area contributed by atoms with Crippen molar-refractivity contribution in [3.05, 3.63) is 48.6 Å². The number of allylic oxidation sites excluding steroid dienone is 8. The maximum atomic E-state index is 13.5. The number of hydrogen-bond donors (Lipinski definition) is 7. The topological polar surface area (TPSA) is 221 Å². The molecule has 1 fully saturated rings. The zero-order chi connectivity index (χ0) is 45.1. The highest BCUT2D eigenvalue weighted by molar-refractivity contribution is 7.47. The number of unbranched alkanes of at least 4 members (excludes halogenated alkanes) is 18. The van der Waals surface area contributed by atoms with Crippen molar-refractivity contribution in [3.63, 3.8) is 0 Å². The minimum absolute atomic E-state index is 0.0691. The van der Waals surface area contributed by atoms with Gasteiger partial charge in [0, 0.05) is 12.8 Å². The van der Waals surface area contributed by atoms with Gasteiger partial charge in [-0.2, -0.15) is 0 Å². The molecule has 7 N–H and O–H groups in total. The molecule has 2 unspecified atom stereocenters. The number of esters is 1. The summed E-state index contributed by atoms with van der Waals surface area (Å²) in [6, 6.07) is 0. The molecule has 1 aliphatic carbocycles. The van der Waals surface area contributed by atoms with Crippen molar-refractivity contribution in [2.75, 3.05) is 6.61 Å². The lowest BCUT2D eigenvalue weighted by molar-refractivity contribution is -0.220. The number of phosphoric acid groups is 1. The third-order valence-electron chi connectivity index (χ3n) is 10.9. The number of aliphatic hydroxyl groups excluding tert-OH is 6. The van der Waals surface area contributed by atoms with Crippen LogP contribution in [0.5, 0.6) is 0 Å². The molecule has 0 radical (unpaired) electrons. The summed E-state index contributed by atoms with van der Waals surface area (Å²) in [5.74, 6) is -1.50. The molecule has 9 atom stereocenters. The van der Waals surface area contributed by atoms with E-state index < -0.39 is 75.0 Å². The number of hydrogen-bond acceptors (Lipinski definition) is 12. The van der Waals surface area contributed by atoms with Crippen LogP contribution in [0.15, 0.2) is 48.6 Å². The summed E-state index contributed by atoms with van der Waals surface area (Å²) >= 11 is 0. The third kappa shape index (κ3) is 27.0. The zero-order valence-corrected chi connectivity index (χ0v) is 38.3. The molecule has 0 bridgehead atoms. The van der Waals surface area contributed by atoms with Crippen LogP contribution >= 0.6 is 7.82 Å². The van der Waals surface area contributed by atoms with Crippen molar-refractivity contribution < 1.29 is 63.5 Å². The van der Waals surface area contributed by atoms with Crippen LogP contribution < -0.4 is 0 Å². The Morgan fingerprint density at radius 3 is 1.39 bits per heavy atom. The smallest absolute Gasteiger partial charge is 0.457 e. The van der Waals surface area contributed by atoms with Crippen molar-refractivity contribution in [1.82, 2.24) is 0 Å². The molecule has 14 heteroatoms. The maximum Gasteiger partial charge on any atom is 0.473 e. The first-order valence-electron chi connectivity index (χ1n) is 23.4. The molecule has 1 aliphatic rings. The number of Topliss-reactive ketones (excluding diaryl/α,β-unsaturated/α-hetero) is 1. The molecule has 0 aliphatic heterocycles. The van der Waals surface area contributed by atoms with E-state index in [2.05, 4.69) is 50.3 Å². The summed E-state index contributed by atoms with van der Waals surface area (Å²) in [5, 5.41) is 60.9. The molecule has 0 aromatic rings. The van der Waals surface area contributed by atoms with E-state index in [4.69, 9.17) is 13.8 Å². The first-order valence-corrected chi connectivity index (χ1v) is 24.9. The Kier molecular flexibility index (Phi) is 33.9. The summed E-state index contributed by atoms with van der Waals surface area (Å²) in [6.07, 6.45) is 25.7. The fraction of sp³-hybridized carbons (Fsp3) is 0.787. The van der Waals surface area contributed by atoms with E-state index in [-0.39, 0.29) is 12.8 Å². The monoisotopic (exact) mass is 887 g/mol. The molecule has 354 valence electrons. The first-order chi connectivity index (χ1) is 29.4. The Morgan fingerprint density at radius 1 is 0.541 bits per heavy atom. The van der Waals surface area contributed by atoms with Crippen molar-refractivity contribution >= 4 is 19.6 Å². The molecule has 0 saturated heterocycles. The van der Waals surface area contributed by atoms with E-state index in [1.165, 1.54) is 77.0 Å². The minimum Gasteiger partial charge on any atom is -0.457 e. The van der Waals surface area contributed by atoms with E-state index in [9.17, 15) is 49.7 Å². The summed E-state index contributed by atoms with van der Waals surface area (Å²) in [6.45, 7) is 3.49. The highest BCUT2D eigenvalue weighted by Gasteiger charge is 2.52. The second-order valence-electron chi connectivity index (χ2n) is 16.4. The summed E-state index contributed by atoms with van der Waals surface area (Å²) in [7, 11) is -5.43. The zero-order valence-electron chi connectivity index (χ0n) is 37.4. The van der Waals surface area contributed by atoms with Crippen molar-refractivity contribution in [2.45, 2.75) is 230 Å². The van der Waals surface area contributed by atoms with Gasteiger partial charge in [-0.15, -0.1) is 0 Å². The lowest BCUT2D eigenvalue weighted by Gasteiger charge is -2.41. The van der Waals surface area contributed by atoms with E-state index >= 15 is 0 Å². The van der Waals surface area contributed by atoms with Crippen LogP contribution in [0.1, 0.15) is 181 Å². The SMILES string of the molecule is CCCCC/C=C\C/C=C\C/C=C\C/C=C\CCCC(=O)O[C@@H](CO)C(OP(=O)(O)O[C@@H]1[C@@H](O)[C@H](O)[C@@H](O)[C@H](O)[C@@H]1O)C(=O)CCCCCCCCCCCCCCCCC. The van der Waals surface area contributed by atoms with E-state index in [1.807, 2.05) is 12.2 Å². The largest absolute Gasteiger partial charge is 0.473 e. The average Bonchev–Trinajstić information content (AvgIpc) is 3.24.